The highest BCUT2D eigenvalue weighted by Crippen LogP contribution is 2.06. The number of imide groups is 1. The Labute approximate surface area is 273 Å². The van der Waals surface area contributed by atoms with Gasteiger partial charge in [-0.3, -0.25) is 28.9 Å². The molecule has 2 atom stereocenters. The van der Waals surface area contributed by atoms with Crippen molar-refractivity contribution in [3.8, 4) is 0 Å². The maximum Gasteiger partial charge on any atom is 0.326 e. The summed E-state index contributed by atoms with van der Waals surface area (Å²) in [4.78, 5) is 83.0. The number of primary amides is 1. The number of nitrogens with one attached hydrogen (secondary N) is 4. The van der Waals surface area contributed by atoms with Crippen molar-refractivity contribution in [3.05, 3.63) is 12.2 Å². The van der Waals surface area contributed by atoms with Gasteiger partial charge in [-0.25, -0.2) is 9.59 Å². The van der Waals surface area contributed by atoms with Gasteiger partial charge in [-0.15, -0.1) is 0 Å². The highest BCUT2D eigenvalue weighted by molar-refractivity contribution is 6.13. The van der Waals surface area contributed by atoms with E-state index in [1.165, 1.54) is 12.2 Å². The highest BCUT2D eigenvalue weighted by Gasteiger charge is 2.28. The molecule has 1 aliphatic heterocycles. The lowest BCUT2D eigenvalue weighted by Gasteiger charge is -2.24. The van der Waals surface area contributed by atoms with Crippen molar-refractivity contribution in [2.75, 3.05) is 72.5 Å². The fourth-order valence-corrected chi connectivity index (χ4v) is 3.96. The second kappa shape index (κ2) is 24.1. The van der Waals surface area contributed by atoms with E-state index in [1.54, 1.807) is 13.8 Å². The normalized spacial score (nSPS) is 13.8. The van der Waals surface area contributed by atoms with Crippen molar-refractivity contribution < 1.29 is 57.6 Å². The van der Waals surface area contributed by atoms with Crippen LogP contribution < -0.4 is 27.0 Å². The molecule has 0 aromatic rings. The number of carboxylic acid groups (broad SMARTS) is 1. The lowest BCUT2D eigenvalue weighted by molar-refractivity contribution is -0.142. The standard InChI is InChI=1S/C29H48N6O12/c1-20(2)26(27(40)33-21(28(41)42)4-3-9-32-29(30)43)34-23(37)8-12-44-14-16-46-18-19-47-17-15-45-13-10-31-22(36)7-11-35-24(38)5-6-25(35)39/h5-6,20-21,26H,3-4,7-19H2,1-2H3,(H,31,36)(H,33,40)(H,34,37)(H,41,42)(H3,30,32,43). The number of carboxylic acids is 1. The molecule has 0 aromatic carbocycles. The average molecular weight is 673 g/mol. The summed E-state index contributed by atoms with van der Waals surface area (Å²) in [5.74, 6) is -3.74. The van der Waals surface area contributed by atoms with Gasteiger partial charge in [-0.05, 0) is 18.8 Å². The zero-order chi connectivity index (χ0) is 35.0. The van der Waals surface area contributed by atoms with E-state index >= 15 is 0 Å². The van der Waals surface area contributed by atoms with Gasteiger partial charge in [-0.2, -0.15) is 0 Å². The van der Waals surface area contributed by atoms with Gasteiger partial charge < -0.3 is 51.1 Å². The number of urea groups is 1. The van der Waals surface area contributed by atoms with Crippen molar-refractivity contribution in [2.45, 2.75) is 51.6 Å². The van der Waals surface area contributed by atoms with Gasteiger partial charge in [0.15, 0.2) is 0 Å². The van der Waals surface area contributed by atoms with Crippen LogP contribution in [0.25, 0.3) is 0 Å². The Bertz CT molecular complexity index is 1050. The molecule has 18 heteroatoms. The van der Waals surface area contributed by atoms with Crippen molar-refractivity contribution >= 4 is 41.5 Å². The monoisotopic (exact) mass is 672 g/mol. The summed E-state index contributed by atoms with van der Waals surface area (Å²) in [7, 11) is 0. The van der Waals surface area contributed by atoms with Crippen molar-refractivity contribution in [3.63, 3.8) is 0 Å². The summed E-state index contributed by atoms with van der Waals surface area (Å²) in [5, 5.41) is 19.5. The Morgan fingerprint density at radius 3 is 1.85 bits per heavy atom. The lowest BCUT2D eigenvalue weighted by Crippen LogP contribution is -2.53. The first-order chi connectivity index (χ1) is 22.4. The maximum absolute atomic E-state index is 12.7. The maximum atomic E-state index is 12.7. The molecule has 0 spiro atoms. The first-order valence-electron chi connectivity index (χ1n) is 15.4. The smallest absolute Gasteiger partial charge is 0.326 e. The van der Waals surface area contributed by atoms with Crippen LogP contribution >= 0.6 is 0 Å². The van der Waals surface area contributed by atoms with Crippen molar-refractivity contribution in [1.29, 1.82) is 0 Å². The van der Waals surface area contributed by atoms with Crippen LogP contribution in [0.5, 0.6) is 0 Å². The molecule has 0 radical (unpaired) electrons. The van der Waals surface area contributed by atoms with Gasteiger partial charge in [0.2, 0.25) is 17.7 Å². The first-order valence-corrected chi connectivity index (χ1v) is 15.4. The van der Waals surface area contributed by atoms with E-state index in [0.717, 1.165) is 4.90 Å². The molecular formula is C29H48N6O12. The van der Waals surface area contributed by atoms with E-state index < -0.39 is 47.7 Å². The van der Waals surface area contributed by atoms with E-state index in [2.05, 4.69) is 21.3 Å². The number of hydrogen-bond donors (Lipinski definition) is 6. The molecule has 0 fully saturated rings. The summed E-state index contributed by atoms with van der Waals surface area (Å²) in [6, 6.07) is -2.87. The number of carbonyl (C=O) groups is 7. The zero-order valence-electron chi connectivity index (χ0n) is 27.0. The summed E-state index contributed by atoms with van der Waals surface area (Å²) in [6.07, 6.45) is 2.69. The number of hydrogen-bond acceptors (Lipinski definition) is 11. The summed E-state index contributed by atoms with van der Waals surface area (Å²) in [5.41, 5.74) is 4.98. The minimum atomic E-state index is -1.23. The Morgan fingerprint density at radius 2 is 1.32 bits per heavy atom. The second-order valence-electron chi connectivity index (χ2n) is 10.6. The molecule has 2 unspecified atom stereocenters. The second-order valence-corrected chi connectivity index (χ2v) is 10.6. The quantitative estimate of drug-likeness (QED) is 0.0411. The molecule has 7 N–H and O–H groups in total. The third kappa shape index (κ3) is 19.2. The van der Waals surface area contributed by atoms with Gasteiger partial charge in [-0.1, -0.05) is 13.8 Å². The van der Waals surface area contributed by atoms with Crippen LogP contribution in [-0.2, 0) is 47.7 Å². The summed E-state index contributed by atoms with van der Waals surface area (Å²) >= 11 is 0. The molecule has 0 bridgehead atoms. The lowest BCUT2D eigenvalue weighted by atomic mass is 10.0. The van der Waals surface area contributed by atoms with Gasteiger partial charge in [0.05, 0.1) is 52.9 Å². The largest absolute Gasteiger partial charge is 0.480 e. The molecular weight excluding hydrogens is 624 g/mol. The van der Waals surface area contributed by atoms with Crippen molar-refractivity contribution in [2.24, 2.45) is 11.7 Å². The van der Waals surface area contributed by atoms with Crippen LogP contribution in [0.15, 0.2) is 12.2 Å². The molecule has 1 heterocycles. The topological polar surface area (TPSA) is 254 Å². The van der Waals surface area contributed by atoms with Crippen LogP contribution in [0.4, 0.5) is 4.79 Å². The minimum absolute atomic E-state index is 0.0111. The van der Waals surface area contributed by atoms with E-state index in [-0.39, 0.29) is 83.6 Å². The third-order valence-corrected chi connectivity index (χ3v) is 6.47. The van der Waals surface area contributed by atoms with Gasteiger partial charge >= 0.3 is 12.0 Å². The molecule has 0 aliphatic carbocycles. The predicted octanol–water partition coefficient (Wildman–Crippen LogP) is -1.97. The van der Waals surface area contributed by atoms with Crippen LogP contribution in [-0.4, -0.2) is 136 Å². The van der Waals surface area contributed by atoms with Gasteiger partial charge in [0.1, 0.15) is 12.1 Å². The molecule has 0 saturated heterocycles. The highest BCUT2D eigenvalue weighted by atomic mass is 16.6. The molecule has 47 heavy (non-hydrogen) atoms. The number of nitrogens with zero attached hydrogens (tertiary/aromatic N) is 1. The van der Waals surface area contributed by atoms with Crippen LogP contribution in [0.2, 0.25) is 0 Å². The van der Waals surface area contributed by atoms with E-state index in [1.807, 2.05) is 0 Å². The Hall–Kier alpha value is -4.13. The number of nitrogens with two attached hydrogens (primary N) is 1. The summed E-state index contributed by atoms with van der Waals surface area (Å²) in [6.45, 7) is 6.10. The third-order valence-electron chi connectivity index (χ3n) is 6.47. The minimum Gasteiger partial charge on any atom is -0.480 e. The van der Waals surface area contributed by atoms with E-state index in [9.17, 15) is 38.7 Å². The predicted molar refractivity (Wildman–Crippen MR) is 165 cm³/mol. The Balaban J connectivity index is 2.03. The van der Waals surface area contributed by atoms with Crippen LogP contribution in [0.1, 0.15) is 39.5 Å². The summed E-state index contributed by atoms with van der Waals surface area (Å²) < 4.78 is 21.6. The fraction of sp³-hybridized carbons (Fsp3) is 0.690. The molecule has 1 aliphatic rings. The molecule has 0 saturated carbocycles. The first kappa shape index (κ1) is 40.9. The molecule has 1 rings (SSSR count). The number of aliphatic carboxylic acids is 1. The van der Waals surface area contributed by atoms with Gasteiger partial charge in [0, 0.05) is 44.6 Å². The van der Waals surface area contributed by atoms with E-state index in [4.69, 9.17) is 24.7 Å². The number of ether oxygens (including phenoxy) is 4. The van der Waals surface area contributed by atoms with Crippen LogP contribution in [0.3, 0.4) is 0 Å². The zero-order valence-corrected chi connectivity index (χ0v) is 27.0. The Morgan fingerprint density at radius 1 is 0.766 bits per heavy atom. The number of carbonyl (C=O) groups excluding carboxylic acids is 6. The van der Waals surface area contributed by atoms with Gasteiger partial charge in [0.25, 0.3) is 11.8 Å². The van der Waals surface area contributed by atoms with Crippen LogP contribution in [0, 0.1) is 5.92 Å². The van der Waals surface area contributed by atoms with E-state index in [0.29, 0.717) is 26.4 Å². The molecule has 0 aromatic heterocycles. The number of amides is 7. The molecule has 266 valence electrons. The number of rotatable bonds is 27. The molecule has 7 amide bonds. The fourth-order valence-electron chi connectivity index (χ4n) is 3.96. The SMILES string of the molecule is CC(C)C(NC(=O)CCOCCOCCOCCOCCNC(=O)CCN1C(=O)C=CC1=O)C(=O)NC(CCCNC(N)=O)C(=O)O. The average Bonchev–Trinajstić information content (AvgIpc) is 3.33. The molecule has 18 nitrogen and oxygen atoms in total. The Kier molecular flexibility index (Phi) is 21.0. The van der Waals surface area contributed by atoms with Crippen molar-refractivity contribution in [1.82, 2.24) is 26.2 Å².